The minimum absolute atomic E-state index is 0.000415. The topological polar surface area (TPSA) is 92.9 Å². The van der Waals surface area contributed by atoms with Crippen molar-refractivity contribution in [1.29, 1.82) is 0 Å². The van der Waals surface area contributed by atoms with Gasteiger partial charge in [0.1, 0.15) is 5.75 Å². The minimum atomic E-state index is -3.35. The monoisotopic (exact) mass is 483 g/mol. The number of sulfonamides is 1. The fraction of sp³-hybridized carbons (Fsp3) is 0.500. The molecule has 0 radical (unpaired) electrons. The first-order valence-corrected chi connectivity index (χ1v) is 13.9. The number of hydrogen-bond acceptors (Lipinski definition) is 5. The number of benzene rings is 2. The maximum atomic E-state index is 13.2. The molecular formula is C26H33N3O4S. The summed E-state index contributed by atoms with van der Waals surface area (Å²) in [5, 5.41) is 0. The van der Waals surface area contributed by atoms with Crippen LogP contribution in [0.1, 0.15) is 36.8 Å². The molecule has 1 spiro atoms. The summed E-state index contributed by atoms with van der Waals surface area (Å²) in [5.74, 6) is 1.24. The predicted octanol–water partition coefficient (Wildman–Crippen LogP) is 2.69. The lowest BCUT2D eigenvalue weighted by molar-refractivity contribution is -0.134. The van der Waals surface area contributed by atoms with Crippen molar-refractivity contribution < 1.29 is 17.9 Å². The van der Waals surface area contributed by atoms with E-state index in [1.54, 1.807) is 0 Å². The Kier molecular flexibility index (Phi) is 6.06. The zero-order valence-electron chi connectivity index (χ0n) is 19.7. The van der Waals surface area contributed by atoms with Gasteiger partial charge in [-0.05, 0) is 61.3 Å². The third kappa shape index (κ3) is 4.29. The number of carbonyl (C=O) groups excluding carboxylic acids is 1. The molecule has 1 fully saturated rings. The summed E-state index contributed by atoms with van der Waals surface area (Å²) in [4.78, 5) is 15.1. The van der Waals surface area contributed by atoms with Crippen molar-refractivity contribution in [1.82, 2.24) is 4.90 Å². The molecule has 2 aromatic rings. The van der Waals surface area contributed by atoms with Crippen molar-refractivity contribution in [3.63, 3.8) is 0 Å². The molecular weight excluding hydrogens is 450 g/mol. The number of amides is 1. The van der Waals surface area contributed by atoms with Crippen LogP contribution in [0.25, 0.3) is 0 Å². The van der Waals surface area contributed by atoms with E-state index < -0.39 is 16.1 Å². The number of nitrogens with zero attached hydrogens (tertiary/aromatic N) is 2. The number of rotatable bonds is 4. The van der Waals surface area contributed by atoms with Gasteiger partial charge in [0, 0.05) is 25.0 Å². The highest BCUT2D eigenvalue weighted by Crippen LogP contribution is 2.47. The summed E-state index contributed by atoms with van der Waals surface area (Å²) >= 11 is 0. The Hall–Kier alpha value is -2.58. The molecule has 0 saturated carbocycles. The number of likely N-dealkylation sites (tertiary alicyclic amines) is 1. The van der Waals surface area contributed by atoms with E-state index in [0.29, 0.717) is 38.6 Å². The van der Waals surface area contributed by atoms with Crippen LogP contribution in [0.4, 0.5) is 5.69 Å². The summed E-state index contributed by atoms with van der Waals surface area (Å²) in [6.45, 7) is 2.27. The largest absolute Gasteiger partial charge is 0.493 e. The van der Waals surface area contributed by atoms with Gasteiger partial charge in [-0.1, -0.05) is 36.4 Å². The molecule has 0 bridgehead atoms. The Morgan fingerprint density at radius 2 is 1.85 bits per heavy atom. The number of ether oxygens (including phenoxy) is 1. The molecule has 0 unspecified atom stereocenters. The van der Waals surface area contributed by atoms with Crippen molar-refractivity contribution in [2.24, 2.45) is 11.7 Å². The minimum Gasteiger partial charge on any atom is -0.493 e. The zero-order chi connectivity index (χ0) is 23.9. The number of carbonyl (C=O) groups is 1. The lowest BCUT2D eigenvalue weighted by Crippen LogP contribution is -2.52. The maximum Gasteiger partial charge on any atom is 0.239 e. The van der Waals surface area contributed by atoms with Crippen molar-refractivity contribution >= 4 is 21.6 Å². The summed E-state index contributed by atoms with van der Waals surface area (Å²) in [5.41, 5.74) is 9.22. The number of nitrogens with two attached hydrogens (primary N) is 1. The SMILES string of the molecule is CS(=O)(=O)N1CC2(CCN(C(=O)[C@@H](N)C[C@H]3CCOc4ccccc4C3)CC2)c2ccccc21. The van der Waals surface area contributed by atoms with Crippen LogP contribution in [0.3, 0.4) is 0 Å². The number of anilines is 1. The summed E-state index contributed by atoms with van der Waals surface area (Å²) < 4.78 is 32.2. The standard InChI is InChI=1S/C26H33N3O4S/c1-34(31,32)29-18-26(21-7-3-4-8-23(21)29)11-13-28(14-12-26)25(30)22(27)17-19-10-15-33-24-9-5-2-6-20(24)16-19/h2-9,19,22H,10-18,27H2,1H3/t19-,22-/m0/s1. The van der Waals surface area contributed by atoms with Gasteiger partial charge < -0.3 is 15.4 Å². The Bertz CT molecular complexity index is 1170. The molecule has 34 heavy (non-hydrogen) atoms. The van der Waals surface area contributed by atoms with Gasteiger partial charge in [-0.2, -0.15) is 0 Å². The average Bonchev–Trinajstić information content (AvgIpc) is 3.00. The number of fused-ring (bicyclic) bond motifs is 3. The zero-order valence-corrected chi connectivity index (χ0v) is 20.5. The van der Waals surface area contributed by atoms with E-state index in [1.807, 2.05) is 47.4 Å². The smallest absolute Gasteiger partial charge is 0.239 e. The van der Waals surface area contributed by atoms with E-state index in [9.17, 15) is 13.2 Å². The van der Waals surface area contributed by atoms with Gasteiger partial charge in [-0.15, -0.1) is 0 Å². The molecule has 2 aromatic carbocycles. The van der Waals surface area contributed by atoms with E-state index in [-0.39, 0.29) is 11.3 Å². The van der Waals surface area contributed by atoms with Gasteiger partial charge in [0.05, 0.1) is 24.6 Å². The molecule has 2 atom stereocenters. The van der Waals surface area contributed by atoms with Crippen LogP contribution >= 0.6 is 0 Å². The van der Waals surface area contributed by atoms with E-state index in [4.69, 9.17) is 10.5 Å². The average molecular weight is 484 g/mol. The summed E-state index contributed by atoms with van der Waals surface area (Å²) in [6, 6.07) is 15.3. The van der Waals surface area contributed by atoms with E-state index in [1.165, 1.54) is 16.1 Å². The van der Waals surface area contributed by atoms with Gasteiger partial charge in [0.2, 0.25) is 15.9 Å². The Balaban J connectivity index is 1.23. The van der Waals surface area contributed by atoms with Gasteiger partial charge in [0.25, 0.3) is 0 Å². The normalized spacial score (nSPS) is 22.5. The quantitative estimate of drug-likeness (QED) is 0.722. The molecule has 1 saturated heterocycles. The molecule has 2 N–H and O–H groups in total. The first-order valence-electron chi connectivity index (χ1n) is 12.1. The fourth-order valence-electron chi connectivity index (χ4n) is 5.92. The van der Waals surface area contributed by atoms with E-state index in [2.05, 4.69) is 6.07 Å². The Morgan fingerprint density at radius 1 is 1.15 bits per heavy atom. The highest BCUT2D eigenvalue weighted by atomic mass is 32.2. The van der Waals surface area contributed by atoms with E-state index in [0.717, 1.165) is 42.7 Å². The molecule has 3 aliphatic rings. The highest BCUT2D eigenvalue weighted by molar-refractivity contribution is 7.92. The van der Waals surface area contributed by atoms with Crippen LogP contribution < -0.4 is 14.8 Å². The Morgan fingerprint density at radius 3 is 2.62 bits per heavy atom. The van der Waals surface area contributed by atoms with Crippen LogP contribution in [0, 0.1) is 5.92 Å². The first-order chi connectivity index (χ1) is 16.3. The van der Waals surface area contributed by atoms with Crippen molar-refractivity contribution in [2.45, 2.75) is 43.6 Å². The third-order valence-electron chi connectivity index (χ3n) is 7.79. The lowest BCUT2D eigenvalue weighted by Gasteiger charge is -2.40. The molecule has 3 aliphatic heterocycles. The summed E-state index contributed by atoms with van der Waals surface area (Å²) in [7, 11) is -3.35. The van der Waals surface area contributed by atoms with Crippen LogP contribution in [0.2, 0.25) is 0 Å². The molecule has 1 amide bonds. The lowest BCUT2D eigenvalue weighted by atomic mass is 9.74. The van der Waals surface area contributed by atoms with Gasteiger partial charge in [-0.3, -0.25) is 9.10 Å². The van der Waals surface area contributed by atoms with Crippen molar-refractivity contribution in [3.05, 3.63) is 59.7 Å². The van der Waals surface area contributed by atoms with Crippen LogP contribution in [-0.2, 0) is 26.7 Å². The predicted molar refractivity (Wildman–Crippen MR) is 132 cm³/mol. The number of hydrogen-bond donors (Lipinski definition) is 1. The van der Waals surface area contributed by atoms with Crippen molar-refractivity contribution in [2.75, 3.05) is 36.8 Å². The second-order valence-electron chi connectivity index (χ2n) is 10.0. The molecule has 8 heteroatoms. The second kappa shape index (κ2) is 8.89. The van der Waals surface area contributed by atoms with Crippen LogP contribution in [-0.4, -0.2) is 57.8 Å². The van der Waals surface area contributed by atoms with Crippen molar-refractivity contribution in [3.8, 4) is 5.75 Å². The number of piperidine rings is 1. The molecule has 0 aromatic heterocycles. The Labute approximate surface area is 201 Å². The summed E-state index contributed by atoms with van der Waals surface area (Å²) in [6.07, 6.45) is 5.13. The highest BCUT2D eigenvalue weighted by Gasteiger charge is 2.47. The van der Waals surface area contributed by atoms with Gasteiger partial charge in [0.15, 0.2) is 0 Å². The fourth-order valence-corrected chi connectivity index (χ4v) is 6.92. The molecule has 182 valence electrons. The third-order valence-corrected chi connectivity index (χ3v) is 8.92. The first kappa shape index (κ1) is 23.2. The molecule has 5 rings (SSSR count). The van der Waals surface area contributed by atoms with Gasteiger partial charge in [-0.25, -0.2) is 8.42 Å². The van der Waals surface area contributed by atoms with E-state index >= 15 is 0 Å². The molecule has 7 nitrogen and oxygen atoms in total. The van der Waals surface area contributed by atoms with Crippen LogP contribution in [0.5, 0.6) is 5.75 Å². The molecule has 3 heterocycles. The van der Waals surface area contributed by atoms with Gasteiger partial charge >= 0.3 is 0 Å². The number of para-hydroxylation sites is 2. The maximum absolute atomic E-state index is 13.2. The van der Waals surface area contributed by atoms with Crippen LogP contribution in [0.15, 0.2) is 48.5 Å². The molecule has 0 aliphatic carbocycles. The second-order valence-corrected chi connectivity index (χ2v) is 12.0.